The predicted octanol–water partition coefficient (Wildman–Crippen LogP) is 3.09. The molecule has 4 nitrogen and oxygen atoms in total. The third kappa shape index (κ3) is 1.60. The van der Waals surface area contributed by atoms with Gasteiger partial charge in [0.15, 0.2) is 0 Å². The van der Waals surface area contributed by atoms with Crippen molar-refractivity contribution in [1.29, 1.82) is 0 Å². The number of halogens is 3. The number of nitrogens with zero attached hydrogens (tertiary/aromatic N) is 1. The summed E-state index contributed by atoms with van der Waals surface area (Å²) in [5.74, 6) is 0. The fourth-order valence-electron chi connectivity index (χ4n) is 1.49. The Hall–Kier alpha value is -2.05. The van der Waals surface area contributed by atoms with Gasteiger partial charge in [-0.1, -0.05) is 0 Å². The maximum Gasteiger partial charge on any atom is 0.417 e. The molecule has 0 amide bonds. The normalized spacial score (nSPS) is 11.9. The number of nitro groups is 1. The lowest BCUT2D eigenvalue weighted by Crippen LogP contribution is -2.06. The smallest absolute Gasteiger partial charge is 0.361 e. The molecule has 7 heteroatoms. The number of hydrogen-bond acceptors (Lipinski definition) is 2. The number of fused-ring (bicyclic) bond motifs is 1. The van der Waals surface area contributed by atoms with Crippen molar-refractivity contribution in [1.82, 2.24) is 4.98 Å². The molecule has 0 saturated carbocycles. The molecule has 0 radical (unpaired) electrons. The van der Waals surface area contributed by atoms with Gasteiger partial charge in [-0.05, 0) is 6.07 Å². The molecule has 1 N–H and O–H groups in total. The molecule has 0 aliphatic heterocycles. The van der Waals surface area contributed by atoms with Crippen LogP contribution >= 0.6 is 0 Å². The molecule has 2 aromatic rings. The van der Waals surface area contributed by atoms with Crippen LogP contribution in [0.2, 0.25) is 0 Å². The van der Waals surface area contributed by atoms with Gasteiger partial charge in [-0.25, -0.2) is 0 Å². The molecular formula is C9H5F3N2O2. The number of nitro benzene ring substituents is 1. The van der Waals surface area contributed by atoms with Crippen LogP contribution in [0.25, 0.3) is 10.9 Å². The molecule has 0 spiro atoms. The number of rotatable bonds is 1. The van der Waals surface area contributed by atoms with E-state index in [0.29, 0.717) is 6.07 Å². The molecule has 1 aromatic carbocycles. The zero-order valence-corrected chi connectivity index (χ0v) is 7.71. The highest BCUT2D eigenvalue weighted by Crippen LogP contribution is 2.37. The van der Waals surface area contributed by atoms with E-state index in [1.165, 1.54) is 12.3 Å². The van der Waals surface area contributed by atoms with Crippen LogP contribution in [0.3, 0.4) is 0 Å². The van der Waals surface area contributed by atoms with Crippen LogP contribution in [-0.2, 0) is 6.18 Å². The van der Waals surface area contributed by atoms with Gasteiger partial charge >= 0.3 is 6.18 Å². The quantitative estimate of drug-likeness (QED) is 0.604. The van der Waals surface area contributed by atoms with Crippen LogP contribution < -0.4 is 0 Å². The fraction of sp³-hybridized carbons (Fsp3) is 0.111. The van der Waals surface area contributed by atoms with Crippen LogP contribution in [0.4, 0.5) is 18.9 Å². The summed E-state index contributed by atoms with van der Waals surface area (Å²) in [5.41, 5.74) is -1.48. The topological polar surface area (TPSA) is 58.9 Å². The second kappa shape index (κ2) is 3.22. The molecule has 0 saturated heterocycles. The number of non-ortho nitro benzene ring substituents is 1. The van der Waals surface area contributed by atoms with E-state index < -0.39 is 22.4 Å². The summed E-state index contributed by atoms with van der Waals surface area (Å²) in [6, 6.07) is 2.85. The van der Waals surface area contributed by atoms with Crippen molar-refractivity contribution >= 4 is 16.6 Å². The second-order valence-corrected chi connectivity index (χ2v) is 3.19. The fourth-order valence-corrected chi connectivity index (χ4v) is 1.49. The Bertz CT molecular complexity index is 559. The van der Waals surface area contributed by atoms with E-state index in [1.807, 2.05) is 0 Å². The van der Waals surface area contributed by atoms with E-state index in [0.717, 1.165) is 6.07 Å². The van der Waals surface area contributed by atoms with Crippen LogP contribution in [0.15, 0.2) is 24.4 Å². The highest BCUT2D eigenvalue weighted by atomic mass is 19.4. The molecule has 0 bridgehead atoms. The highest BCUT2D eigenvalue weighted by molar-refractivity contribution is 5.85. The van der Waals surface area contributed by atoms with Crippen molar-refractivity contribution in [2.24, 2.45) is 0 Å². The Morgan fingerprint density at radius 1 is 1.31 bits per heavy atom. The van der Waals surface area contributed by atoms with E-state index in [2.05, 4.69) is 4.98 Å². The Morgan fingerprint density at radius 2 is 2.00 bits per heavy atom. The standard InChI is InChI=1S/C9H5F3N2O2/c10-9(11,12)7-3-5(14(15)16)4-8-6(7)1-2-13-8/h1-4,13H. The first-order chi connectivity index (χ1) is 7.39. The van der Waals surface area contributed by atoms with Crippen molar-refractivity contribution in [2.45, 2.75) is 6.18 Å². The Morgan fingerprint density at radius 3 is 2.56 bits per heavy atom. The predicted molar refractivity (Wildman–Crippen MR) is 50.0 cm³/mol. The van der Waals surface area contributed by atoms with E-state index in [9.17, 15) is 23.3 Å². The summed E-state index contributed by atoms with van der Waals surface area (Å²) in [5, 5.41) is 10.4. The van der Waals surface area contributed by atoms with Gasteiger partial charge in [0.05, 0.1) is 16.0 Å². The highest BCUT2D eigenvalue weighted by Gasteiger charge is 2.34. The van der Waals surface area contributed by atoms with E-state index in [-0.39, 0.29) is 10.9 Å². The van der Waals surface area contributed by atoms with Gasteiger partial charge in [0.2, 0.25) is 0 Å². The molecule has 1 heterocycles. The third-order valence-corrected chi connectivity index (χ3v) is 2.17. The summed E-state index contributed by atoms with van der Waals surface area (Å²) in [6.45, 7) is 0. The monoisotopic (exact) mass is 230 g/mol. The van der Waals surface area contributed by atoms with Gasteiger partial charge in [0.25, 0.3) is 5.69 Å². The molecule has 0 aliphatic rings. The Labute approximate surface area is 86.8 Å². The van der Waals surface area contributed by atoms with Gasteiger partial charge in [0, 0.05) is 23.7 Å². The van der Waals surface area contributed by atoms with Crippen LogP contribution in [0, 0.1) is 10.1 Å². The van der Waals surface area contributed by atoms with Crippen molar-refractivity contribution < 1.29 is 18.1 Å². The number of aromatic amines is 1. The minimum atomic E-state index is -4.60. The zero-order chi connectivity index (χ0) is 11.9. The molecule has 0 fully saturated rings. The molecule has 2 rings (SSSR count). The summed E-state index contributed by atoms with van der Waals surface area (Å²) in [6.07, 6.45) is -3.30. The third-order valence-electron chi connectivity index (χ3n) is 2.17. The maximum atomic E-state index is 12.6. The van der Waals surface area contributed by atoms with Gasteiger partial charge in [0.1, 0.15) is 0 Å². The van der Waals surface area contributed by atoms with Crippen molar-refractivity contribution in [3.05, 3.63) is 40.1 Å². The lowest BCUT2D eigenvalue weighted by atomic mass is 10.1. The van der Waals surface area contributed by atoms with Crippen LogP contribution in [-0.4, -0.2) is 9.91 Å². The number of hydrogen-bond donors (Lipinski definition) is 1. The number of nitrogens with one attached hydrogen (secondary N) is 1. The summed E-state index contributed by atoms with van der Waals surface area (Å²) < 4.78 is 37.8. The zero-order valence-electron chi connectivity index (χ0n) is 7.71. The molecule has 0 unspecified atom stereocenters. The molecular weight excluding hydrogens is 225 g/mol. The van der Waals surface area contributed by atoms with Crippen LogP contribution in [0.5, 0.6) is 0 Å². The first-order valence-electron chi connectivity index (χ1n) is 4.22. The minimum absolute atomic E-state index is 0.0712. The van der Waals surface area contributed by atoms with Gasteiger partial charge in [-0.3, -0.25) is 10.1 Å². The Balaban J connectivity index is 2.79. The van der Waals surface area contributed by atoms with Crippen molar-refractivity contribution in [2.75, 3.05) is 0 Å². The number of benzene rings is 1. The largest absolute Gasteiger partial charge is 0.417 e. The molecule has 84 valence electrons. The van der Waals surface area contributed by atoms with Gasteiger partial charge < -0.3 is 4.98 Å². The van der Waals surface area contributed by atoms with Gasteiger partial charge in [-0.15, -0.1) is 0 Å². The number of alkyl halides is 3. The van der Waals surface area contributed by atoms with Crippen molar-refractivity contribution in [3.8, 4) is 0 Å². The maximum absolute atomic E-state index is 12.6. The second-order valence-electron chi connectivity index (χ2n) is 3.19. The first kappa shape index (κ1) is 10.5. The average molecular weight is 230 g/mol. The van der Waals surface area contributed by atoms with Gasteiger partial charge in [-0.2, -0.15) is 13.2 Å². The number of aromatic nitrogens is 1. The molecule has 16 heavy (non-hydrogen) atoms. The summed E-state index contributed by atoms with van der Waals surface area (Å²) in [4.78, 5) is 12.1. The average Bonchev–Trinajstić information content (AvgIpc) is 2.61. The SMILES string of the molecule is O=[N+]([O-])c1cc(C(F)(F)F)c2cc[nH]c2c1. The van der Waals surface area contributed by atoms with E-state index in [1.54, 1.807) is 0 Å². The number of H-pyrrole nitrogens is 1. The molecule has 0 aliphatic carbocycles. The minimum Gasteiger partial charge on any atom is -0.361 e. The lowest BCUT2D eigenvalue weighted by molar-refractivity contribution is -0.385. The molecule has 0 atom stereocenters. The van der Waals surface area contributed by atoms with E-state index >= 15 is 0 Å². The van der Waals surface area contributed by atoms with Crippen LogP contribution in [0.1, 0.15) is 5.56 Å². The Kier molecular flexibility index (Phi) is 2.11. The summed E-state index contributed by atoms with van der Waals surface area (Å²) in [7, 11) is 0. The lowest BCUT2D eigenvalue weighted by Gasteiger charge is -2.07. The van der Waals surface area contributed by atoms with E-state index in [4.69, 9.17) is 0 Å². The summed E-state index contributed by atoms with van der Waals surface area (Å²) >= 11 is 0. The van der Waals surface area contributed by atoms with Crippen molar-refractivity contribution in [3.63, 3.8) is 0 Å². The first-order valence-corrected chi connectivity index (χ1v) is 4.22. The molecule has 1 aromatic heterocycles.